The molecule has 1 aliphatic rings. The minimum Gasteiger partial charge on any atom is -0.337 e. The number of fused-ring (bicyclic) bond motifs is 1. The molecule has 122 valence electrons. The molecule has 0 atom stereocenters. The topological polar surface area (TPSA) is 44.8 Å². The van der Waals surface area contributed by atoms with Gasteiger partial charge in [0.15, 0.2) is 5.65 Å². The summed E-state index contributed by atoms with van der Waals surface area (Å²) in [4.78, 5) is 14.6. The van der Waals surface area contributed by atoms with Gasteiger partial charge in [0, 0.05) is 19.3 Å². The lowest BCUT2D eigenvalue weighted by molar-refractivity contribution is 0.296. The van der Waals surface area contributed by atoms with Crippen LogP contribution in [0.5, 0.6) is 0 Å². The number of nitrogens with zero attached hydrogens (tertiary/aromatic N) is 3. The summed E-state index contributed by atoms with van der Waals surface area (Å²) in [5, 5.41) is 0. The van der Waals surface area contributed by atoms with Gasteiger partial charge in [-0.15, -0.1) is 0 Å². The van der Waals surface area contributed by atoms with E-state index in [1.54, 1.807) is 6.20 Å². The number of imidazole rings is 1. The smallest absolute Gasteiger partial charge is 0.178 e. The number of H-pyrrole nitrogens is 1. The van der Waals surface area contributed by atoms with Gasteiger partial charge in [-0.1, -0.05) is 18.2 Å². The van der Waals surface area contributed by atoms with Crippen molar-refractivity contribution >= 4 is 16.7 Å². The first kappa shape index (κ1) is 15.0. The molecule has 0 spiro atoms. The Morgan fingerprint density at radius 3 is 2.88 bits per heavy atom. The Bertz CT molecular complexity index is 833. The molecule has 0 aliphatic carbocycles. The molecule has 0 unspecified atom stereocenters. The van der Waals surface area contributed by atoms with Crippen LogP contribution >= 0.6 is 0 Å². The highest BCUT2D eigenvalue weighted by atomic mass is 19.1. The molecular formula is C19H19FN4. The van der Waals surface area contributed by atoms with Crippen molar-refractivity contribution in [1.29, 1.82) is 0 Å². The fraction of sp³-hybridized carbons (Fsp3) is 0.263. The maximum Gasteiger partial charge on any atom is 0.178 e. The maximum absolute atomic E-state index is 13.0. The van der Waals surface area contributed by atoms with E-state index in [1.165, 1.54) is 17.7 Å². The maximum atomic E-state index is 13.0. The molecule has 3 aromatic rings. The van der Waals surface area contributed by atoms with Crippen LogP contribution in [0.2, 0.25) is 0 Å². The molecule has 2 aromatic heterocycles. The zero-order valence-corrected chi connectivity index (χ0v) is 13.4. The number of aromatic nitrogens is 3. The van der Waals surface area contributed by atoms with Crippen LogP contribution in [0, 0.1) is 5.82 Å². The van der Waals surface area contributed by atoms with Gasteiger partial charge in [0.1, 0.15) is 11.6 Å². The molecule has 1 N–H and O–H groups in total. The van der Waals surface area contributed by atoms with Crippen molar-refractivity contribution in [2.45, 2.75) is 19.4 Å². The fourth-order valence-electron chi connectivity index (χ4n) is 3.13. The summed E-state index contributed by atoms with van der Waals surface area (Å²) >= 11 is 0. The molecule has 1 aliphatic heterocycles. The van der Waals surface area contributed by atoms with Crippen LogP contribution in [0.25, 0.3) is 16.7 Å². The van der Waals surface area contributed by atoms with Crippen molar-refractivity contribution < 1.29 is 4.39 Å². The van der Waals surface area contributed by atoms with Crippen molar-refractivity contribution in [3.8, 4) is 0 Å². The van der Waals surface area contributed by atoms with Crippen molar-refractivity contribution in [3.63, 3.8) is 0 Å². The van der Waals surface area contributed by atoms with E-state index in [9.17, 15) is 4.39 Å². The number of nitrogens with one attached hydrogen (secondary N) is 1. The summed E-state index contributed by atoms with van der Waals surface area (Å²) in [6.45, 7) is 2.73. The number of aromatic amines is 1. The van der Waals surface area contributed by atoms with Gasteiger partial charge in [0.25, 0.3) is 0 Å². The van der Waals surface area contributed by atoms with E-state index in [4.69, 9.17) is 0 Å². The second-order valence-electron chi connectivity index (χ2n) is 6.15. The lowest BCUT2D eigenvalue weighted by Gasteiger charge is -2.18. The van der Waals surface area contributed by atoms with Crippen LogP contribution in [0.3, 0.4) is 0 Å². The third-order valence-corrected chi connectivity index (χ3v) is 4.40. The van der Waals surface area contributed by atoms with E-state index in [-0.39, 0.29) is 5.82 Å². The summed E-state index contributed by atoms with van der Waals surface area (Å²) in [5.74, 6) is 0.739. The number of hydrogen-bond donors (Lipinski definition) is 1. The standard InChI is InChI=1S/C19H19FN4/c20-16-7-5-14(6-8-16)13-24-11-2-3-15(9-12-24)18-22-17-4-1-10-21-19(17)23-18/h1,4-10H,2-3,11-13H2,(H,21,22,23). The monoisotopic (exact) mass is 322 g/mol. The van der Waals surface area contributed by atoms with Gasteiger partial charge < -0.3 is 4.98 Å². The molecule has 0 amide bonds. The second-order valence-corrected chi connectivity index (χ2v) is 6.15. The Morgan fingerprint density at radius 1 is 1.17 bits per heavy atom. The first-order valence-corrected chi connectivity index (χ1v) is 8.25. The van der Waals surface area contributed by atoms with E-state index >= 15 is 0 Å². The number of pyridine rings is 1. The predicted molar refractivity (Wildman–Crippen MR) is 92.8 cm³/mol. The zero-order valence-electron chi connectivity index (χ0n) is 13.4. The second kappa shape index (κ2) is 6.53. The van der Waals surface area contributed by atoms with Crippen molar-refractivity contribution in [3.05, 3.63) is 65.9 Å². The van der Waals surface area contributed by atoms with E-state index in [2.05, 4.69) is 25.9 Å². The summed E-state index contributed by atoms with van der Waals surface area (Å²) in [6, 6.07) is 10.7. The van der Waals surface area contributed by atoms with Crippen molar-refractivity contribution in [1.82, 2.24) is 19.9 Å². The Balaban J connectivity index is 1.50. The third-order valence-electron chi connectivity index (χ3n) is 4.40. The van der Waals surface area contributed by atoms with Crippen LogP contribution in [0.1, 0.15) is 24.2 Å². The fourth-order valence-corrected chi connectivity index (χ4v) is 3.13. The SMILES string of the molecule is Fc1ccc(CN2CC=C(c3nc4ncccc4[nH]3)CCC2)cc1. The van der Waals surface area contributed by atoms with Gasteiger partial charge in [-0.05, 0) is 54.8 Å². The number of halogens is 1. The normalized spacial score (nSPS) is 16.1. The molecule has 1 aromatic carbocycles. The Hall–Kier alpha value is -2.53. The lowest BCUT2D eigenvalue weighted by Crippen LogP contribution is -2.23. The molecule has 3 heterocycles. The van der Waals surface area contributed by atoms with Crippen LogP contribution in [-0.4, -0.2) is 32.9 Å². The minimum absolute atomic E-state index is 0.185. The van der Waals surface area contributed by atoms with Gasteiger partial charge in [0.05, 0.1) is 5.52 Å². The quantitative estimate of drug-likeness (QED) is 0.798. The molecule has 0 saturated carbocycles. The van der Waals surface area contributed by atoms with Crippen LogP contribution < -0.4 is 0 Å². The summed E-state index contributed by atoms with van der Waals surface area (Å²) in [7, 11) is 0. The Kier molecular flexibility index (Phi) is 4.09. The highest BCUT2D eigenvalue weighted by Crippen LogP contribution is 2.23. The number of allylic oxidation sites excluding steroid dienone is 1. The van der Waals surface area contributed by atoms with Crippen molar-refractivity contribution in [2.75, 3.05) is 13.1 Å². The van der Waals surface area contributed by atoms with Crippen LogP contribution in [0.4, 0.5) is 4.39 Å². The largest absolute Gasteiger partial charge is 0.337 e. The van der Waals surface area contributed by atoms with E-state index in [0.717, 1.165) is 55.0 Å². The van der Waals surface area contributed by atoms with E-state index in [0.29, 0.717) is 0 Å². The number of benzene rings is 1. The molecule has 0 radical (unpaired) electrons. The van der Waals surface area contributed by atoms with E-state index < -0.39 is 0 Å². The molecule has 5 heteroatoms. The Morgan fingerprint density at radius 2 is 2.04 bits per heavy atom. The molecule has 4 nitrogen and oxygen atoms in total. The van der Waals surface area contributed by atoms with Gasteiger partial charge in [-0.3, -0.25) is 4.90 Å². The van der Waals surface area contributed by atoms with Crippen LogP contribution in [-0.2, 0) is 6.54 Å². The average Bonchev–Trinajstić information content (AvgIpc) is 2.90. The van der Waals surface area contributed by atoms with Gasteiger partial charge in [-0.25, -0.2) is 14.4 Å². The third kappa shape index (κ3) is 3.21. The van der Waals surface area contributed by atoms with Gasteiger partial charge in [0.2, 0.25) is 0 Å². The molecule has 0 bridgehead atoms. The molecule has 4 rings (SSSR count). The number of rotatable bonds is 3. The lowest BCUT2D eigenvalue weighted by atomic mass is 10.1. The summed E-state index contributed by atoms with van der Waals surface area (Å²) < 4.78 is 13.0. The predicted octanol–water partition coefficient (Wildman–Crippen LogP) is 3.78. The van der Waals surface area contributed by atoms with Crippen LogP contribution in [0.15, 0.2) is 48.7 Å². The summed E-state index contributed by atoms with van der Waals surface area (Å²) in [5.41, 5.74) is 4.12. The zero-order chi connectivity index (χ0) is 16.4. The molecule has 24 heavy (non-hydrogen) atoms. The average molecular weight is 322 g/mol. The molecule has 0 fully saturated rings. The van der Waals surface area contributed by atoms with Gasteiger partial charge in [-0.2, -0.15) is 0 Å². The van der Waals surface area contributed by atoms with Crippen molar-refractivity contribution in [2.24, 2.45) is 0 Å². The van der Waals surface area contributed by atoms with E-state index in [1.807, 2.05) is 24.3 Å². The highest BCUT2D eigenvalue weighted by Gasteiger charge is 2.14. The Labute approximate surface area is 140 Å². The first-order valence-electron chi connectivity index (χ1n) is 8.25. The highest BCUT2D eigenvalue weighted by molar-refractivity contribution is 5.75. The number of hydrogen-bond acceptors (Lipinski definition) is 3. The molecular weight excluding hydrogens is 303 g/mol. The van der Waals surface area contributed by atoms with Gasteiger partial charge >= 0.3 is 0 Å². The minimum atomic E-state index is -0.185. The first-order chi connectivity index (χ1) is 11.8. The molecule has 0 saturated heterocycles. The summed E-state index contributed by atoms with van der Waals surface area (Å²) in [6.07, 6.45) is 6.09.